The van der Waals surface area contributed by atoms with Gasteiger partial charge >= 0.3 is 5.97 Å². The van der Waals surface area contributed by atoms with Gasteiger partial charge in [0.1, 0.15) is 6.54 Å². The number of hydrogen-bond acceptors (Lipinski definition) is 3. The lowest BCUT2D eigenvalue weighted by Crippen LogP contribution is -3.00. The monoisotopic (exact) mass is 569 g/mol. The summed E-state index contributed by atoms with van der Waals surface area (Å²) in [6.45, 7) is 4.18. The van der Waals surface area contributed by atoms with E-state index in [0.717, 1.165) is 61.4 Å². The highest BCUT2D eigenvalue weighted by molar-refractivity contribution is 6.30. The van der Waals surface area contributed by atoms with Crippen LogP contribution in [0.25, 0.3) is 0 Å². The van der Waals surface area contributed by atoms with E-state index in [2.05, 4.69) is 12.1 Å². The van der Waals surface area contributed by atoms with Gasteiger partial charge in [-0.05, 0) is 35.2 Å². The molecule has 190 valence electrons. The van der Waals surface area contributed by atoms with Gasteiger partial charge in [0.2, 0.25) is 5.60 Å². The van der Waals surface area contributed by atoms with Crippen molar-refractivity contribution in [2.24, 2.45) is 5.92 Å². The topological polar surface area (TPSA) is 46.5 Å². The second-order valence-corrected chi connectivity index (χ2v) is 10.6. The Balaban J connectivity index is 0.00000304. The molecule has 3 heterocycles. The number of esters is 1. The van der Waals surface area contributed by atoms with E-state index in [9.17, 15) is 9.90 Å². The molecule has 1 atom stereocenters. The molecule has 0 saturated carbocycles. The summed E-state index contributed by atoms with van der Waals surface area (Å²) in [7, 11) is 0. The third kappa shape index (κ3) is 5.55. The van der Waals surface area contributed by atoms with Crippen molar-refractivity contribution in [1.29, 1.82) is 0 Å². The predicted octanol–water partition coefficient (Wildman–Crippen LogP) is 2.36. The molecule has 4 nitrogen and oxygen atoms in total. The Morgan fingerprint density at radius 1 is 0.917 bits per heavy atom. The van der Waals surface area contributed by atoms with Gasteiger partial charge in [0.15, 0.2) is 6.10 Å². The molecular formula is C30H33BrClNO3. The zero-order valence-corrected chi connectivity index (χ0v) is 22.7. The Bertz CT molecular complexity index is 1090. The van der Waals surface area contributed by atoms with Crippen LogP contribution in [-0.4, -0.2) is 47.8 Å². The molecular weight excluding hydrogens is 538 g/mol. The minimum atomic E-state index is -1.83. The van der Waals surface area contributed by atoms with E-state index >= 15 is 0 Å². The molecule has 6 heteroatoms. The summed E-state index contributed by atoms with van der Waals surface area (Å²) in [6, 6.07) is 26.4. The van der Waals surface area contributed by atoms with Crippen LogP contribution in [0.5, 0.6) is 0 Å². The highest BCUT2D eigenvalue weighted by Gasteiger charge is 2.50. The number of quaternary nitrogens is 1. The molecule has 2 bridgehead atoms. The molecule has 3 saturated heterocycles. The summed E-state index contributed by atoms with van der Waals surface area (Å²) in [5.41, 5.74) is 0.542. The molecule has 0 aromatic heterocycles. The summed E-state index contributed by atoms with van der Waals surface area (Å²) in [5.74, 6) is -0.209. The molecule has 36 heavy (non-hydrogen) atoms. The smallest absolute Gasteiger partial charge is 0.348 e. The Kier molecular flexibility index (Phi) is 8.56. The number of carbonyl (C=O) groups is 1. The fraction of sp³-hybridized carbons (Fsp3) is 0.367. The van der Waals surface area contributed by atoms with Crippen molar-refractivity contribution in [3.05, 3.63) is 107 Å². The summed E-state index contributed by atoms with van der Waals surface area (Å²) in [6.07, 6.45) is 4.07. The molecule has 3 aliphatic heterocycles. The quantitative estimate of drug-likeness (QED) is 0.334. The lowest BCUT2D eigenvalue weighted by Gasteiger charge is -2.52. The normalized spacial score (nSPS) is 23.1. The Morgan fingerprint density at radius 2 is 1.47 bits per heavy atom. The average Bonchev–Trinajstić information content (AvgIpc) is 2.91. The van der Waals surface area contributed by atoms with Crippen LogP contribution in [0.2, 0.25) is 5.02 Å². The molecule has 0 aliphatic carbocycles. The number of fused-ring (bicyclic) bond motifs is 3. The summed E-state index contributed by atoms with van der Waals surface area (Å²) < 4.78 is 7.18. The van der Waals surface area contributed by atoms with E-state index in [1.807, 2.05) is 48.5 Å². The van der Waals surface area contributed by atoms with Crippen molar-refractivity contribution in [2.45, 2.75) is 37.4 Å². The first kappa shape index (κ1) is 26.9. The van der Waals surface area contributed by atoms with Gasteiger partial charge in [-0.1, -0.05) is 84.4 Å². The van der Waals surface area contributed by atoms with Gasteiger partial charge in [0.05, 0.1) is 19.6 Å². The average molecular weight is 571 g/mol. The standard InChI is InChI=1S/C30H33ClNO3.BrH/c31-27-15-13-23(14-16-27)8-7-19-32-20-17-24(18-21-32)28(22-32)35-29(33)30(34,25-9-3-1-4-10-25)26-11-5-2-6-12-26;/h1-6,9-16,24,28,34H,7-8,17-22H2;1H/q+1;/p-1. The van der Waals surface area contributed by atoms with Gasteiger partial charge in [-0.25, -0.2) is 4.79 Å². The van der Waals surface area contributed by atoms with Gasteiger partial charge < -0.3 is 31.3 Å². The molecule has 0 spiro atoms. The lowest BCUT2D eigenvalue weighted by atomic mass is 9.82. The number of aryl methyl sites for hydroxylation is 1. The molecule has 3 aliphatic rings. The van der Waals surface area contributed by atoms with Crippen LogP contribution < -0.4 is 17.0 Å². The second kappa shape index (κ2) is 11.5. The van der Waals surface area contributed by atoms with Crippen molar-refractivity contribution >= 4 is 17.6 Å². The number of nitrogens with zero attached hydrogens (tertiary/aromatic N) is 1. The first-order valence-corrected chi connectivity index (χ1v) is 13.0. The molecule has 0 amide bonds. The van der Waals surface area contributed by atoms with Crippen molar-refractivity contribution in [1.82, 2.24) is 0 Å². The molecule has 0 radical (unpaired) electrons. The van der Waals surface area contributed by atoms with Gasteiger partial charge in [-0.2, -0.15) is 0 Å². The summed E-state index contributed by atoms with van der Waals surface area (Å²) >= 11 is 6.02. The van der Waals surface area contributed by atoms with E-state index in [1.165, 1.54) is 5.56 Å². The maximum Gasteiger partial charge on any atom is 0.348 e. The van der Waals surface area contributed by atoms with Crippen LogP contribution in [-0.2, 0) is 21.6 Å². The Hall–Kier alpha value is -2.18. The van der Waals surface area contributed by atoms with Crippen LogP contribution >= 0.6 is 11.6 Å². The second-order valence-electron chi connectivity index (χ2n) is 10.1. The molecule has 6 rings (SSSR count). The number of halogens is 2. The summed E-state index contributed by atoms with van der Waals surface area (Å²) in [4.78, 5) is 13.7. The van der Waals surface area contributed by atoms with E-state index in [-0.39, 0.29) is 23.1 Å². The molecule has 1 unspecified atom stereocenters. The fourth-order valence-corrected chi connectivity index (χ4v) is 6.05. The van der Waals surface area contributed by atoms with Crippen molar-refractivity contribution in [2.75, 3.05) is 26.2 Å². The summed E-state index contributed by atoms with van der Waals surface area (Å²) in [5, 5.41) is 12.6. The van der Waals surface area contributed by atoms with Crippen molar-refractivity contribution in [3.8, 4) is 0 Å². The van der Waals surface area contributed by atoms with Crippen molar-refractivity contribution < 1.29 is 36.1 Å². The number of benzene rings is 3. The third-order valence-electron chi connectivity index (χ3n) is 7.99. The SMILES string of the molecule is O=C(OC1C[N+]2(CCCc3ccc(Cl)cc3)CCC1CC2)C(O)(c1ccccc1)c1ccccc1.[Br-]. The zero-order chi connectivity index (χ0) is 24.3. The third-order valence-corrected chi connectivity index (χ3v) is 8.24. The van der Waals surface area contributed by atoms with E-state index in [4.69, 9.17) is 16.3 Å². The first-order chi connectivity index (χ1) is 17.0. The fourth-order valence-electron chi connectivity index (χ4n) is 5.92. The zero-order valence-electron chi connectivity index (χ0n) is 20.4. The van der Waals surface area contributed by atoms with E-state index in [0.29, 0.717) is 17.0 Å². The number of hydrogen-bond donors (Lipinski definition) is 1. The van der Waals surface area contributed by atoms with Gasteiger partial charge in [-0.3, -0.25) is 0 Å². The van der Waals surface area contributed by atoms with Gasteiger partial charge in [0.25, 0.3) is 0 Å². The molecule has 3 fully saturated rings. The van der Waals surface area contributed by atoms with Crippen LogP contribution in [0.3, 0.4) is 0 Å². The van der Waals surface area contributed by atoms with Gasteiger partial charge in [-0.15, -0.1) is 0 Å². The van der Waals surface area contributed by atoms with Crippen LogP contribution in [0.15, 0.2) is 84.9 Å². The maximum absolute atomic E-state index is 13.7. The highest BCUT2D eigenvalue weighted by Crippen LogP contribution is 2.38. The number of aliphatic hydroxyl groups is 1. The molecule has 1 N–H and O–H groups in total. The van der Waals surface area contributed by atoms with Crippen molar-refractivity contribution in [3.63, 3.8) is 0 Å². The minimum Gasteiger partial charge on any atom is -1.00 e. The van der Waals surface area contributed by atoms with E-state index < -0.39 is 11.6 Å². The highest BCUT2D eigenvalue weighted by atomic mass is 79.9. The van der Waals surface area contributed by atoms with Crippen LogP contribution in [0, 0.1) is 5.92 Å². The molecule has 3 aromatic carbocycles. The molecule has 3 aromatic rings. The Labute approximate surface area is 229 Å². The van der Waals surface area contributed by atoms with Gasteiger partial charge in [0, 0.05) is 30.2 Å². The first-order valence-electron chi connectivity index (χ1n) is 12.6. The number of carbonyl (C=O) groups excluding carboxylic acids is 1. The predicted molar refractivity (Wildman–Crippen MR) is 138 cm³/mol. The minimum absolute atomic E-state index is 0. The van der Waals surface area contributed by atoms with Crippen LogP contribution in [0.4, 0.5) is 0 Å². The lowest BCUT2D eigenvalue weighted by molar-refractivity contribution is -0.946. The van der Waals surface area contributed by atoms with Crippen LogP contribution in [0.1, 0.15) is 36.0 Å². The Morgan fingerprint density at radius 3 is 2.03 bits per heavy atom. The maximum atomic E-state index is 13.7. The largest absolute Gasteiger partial charge is 1.00 e. The van der Waals surface area contributed by atoms with E-state index in [1.54, 1.807) is 24.3 Å². The number of piperidine rings is 3. The number of rotatable bonds is 8. The number of ether oxygens (including phenoxy) is 1.